The summed E-state index contributed by atoms with van der Waals surface area (Å²) in [6, 6.07) is 6.18. The molecule has 1 aromatic heterocycles. The van der Waals surface area contributed by atoms with E-state index in [2.05, 4.69) is 40.8 Å². The molecule has 3 rings (SSSR count). The van der Waals surface area contributed by atoms with Gasteiger partial charge in [-0.3, -0.25) is 4.90 Å². The Morgan fingerprint density at radius 1 is 1.29 bits per heavy atom. The average molecular weight is 283 g/mol. The molecule has 4 nitrogen and oxygen atoms in total. The third kappa shape index (κ3) is 3.12. The van der Waals surface area contributed by atoms with Crippen LogP contribution in [0.25, 0.3) is 0 Å². The molecule has 0 spiro atoms. The molecular formula is C17H21N3O. The molecule has 1 aliphatic rings. The molecule has 0 fully saturated rings. The molecule has 0 unspecified atom stereocenters. The van der Waals surface area contributed by atoms with Crippen LogP contribution in [0.3, 0.4) is 0 Å². The van der Waals surface area contributed by atoms with E-state index in [4.69, 9.17) is 0 Å². The second kappa shape index (κ2) is 5.92. The van der Waals surface area contributed by atoms with Crippen LogP contribution < -0.4 is 0 Å². The van der Waals surface area contributed by atoms with Gasteiger partial charge in [0.15, 0.2) is 0 Å². The average Bonchev–Trinajstić information content (AvgIpc) is 2.50. The first kappa shape index (κ1) is 14.2. The number of fused-ring (bicyclic) bond motifs is 1. The highest BCUT2D eigenvalue weighted by Gasteiger charge is 2.20. The fourth-order valence-corrected chi connectivity index (χ4v) is 2.78. The van der Waals surface area contributed by atoms with E-state index in [0.29, 0.717) is 6.54 Å². The topological polar surface area (TPSA) is 49.2 Å². The van der Waals surface area contributed by atoms with Crippen molar-refractivity contribution in [3.63, 3.8) is 0 Å². The van der Waals surface area contributed by atoms with Crippen molar-refractivity contribution in [1.82, 2.24) is 14.9 Å². The first-order chi connectivity index (χ1) is 10.1. The van der Waals surface area contributed by atoms with Crippen molar-refractivity contribution in [3.8, 4) is 0 Å². The third-order valence-electron chi connectivity index (χ3n) is 4.30. The second-order valence-electron chi connectivity index (χ2n) is 5.84. The number of rotatable bonds is 3. The van der Waals surface area contributed by atoms with Crippen molar-refractivity contribution in [2.24, 2.45) is 0 Å². The van der Waals surface area contributed by atoms with Crippen LogP contribution in [0.1, 0.15) is 34.1 Å². The van der Waals surface area contributed by atoms with Crippen LogP contribution in [-0.4, -0.2) is 33.1 Å². The van der Waals surface area contributed by atoms with Crippen LogP contribution in [0.2, 0.25) is 0 Å². The van der Waals surface area contributed by atoms with Crippen molar-refractivity contribution < 1.29 is 5.11 Å². The molecule has 1 aliphatic heterocycles. The number of aryl methyl sites for hydroxylation is 2. The number of hydrogen-bond donors (Lipinski definition) is 1. The summed E-state index contributed by atoms with van der Waals surface area (Å²) in [7, 11) is 0. The van der Waals surface area contributed by atoms with Gasteiger partial charge in [0.1, 0.15) is 6.33 Å². The van der Waals surface area contributed by atoms with E-state index in [9.17, 15) is 5.11 Å². The minimum absolute atomic E-state index is 0.451. The number of aliphatic hydroxyl groups is 1. The molecule has 110 valence electrons. The molecule has 1 aromatic carbocycles. The van der Waals surface area contributed by atoms with E-state index in [1.807, 2.05) is 12.3 Å². The number of aromatic nitrogens is 2. The standard InChI is InChI=1S/C17H21N3O/c1-12-3-4-14(7-13(12)2)17(21)10-20-6-5-15-8-18-11-19-16(15)9-20/h3-4,7-8,11,17,21H,5-6,9-10H2,1-2H3/t17-/m0/s1. The summed E-state index contributed by atoms with van der Waals surface area (Å²) in [6.45, 7) is 6.56. The van der Waals surface area contributed by atoms with Gasteiger partial charge in [0, 0.05) is 25.8 Å². The molecule has 1 atom stereocenters. The minimum atomic E-state index is -0.451. The van der Waals surface area contributed by atoms with Crippen LogP contribution in [0.4, 0.5) is 0 Å². The summed E-state index contributed by atoms with van der Waals surface area (Å²) in [5.74, 6) is 0. The van der Waals surface area contributed by atoms with E-state index in [1.54, 1.807) is 6.33 Å². The SMILES string of the molecule is Cc1ccc([C@@H](O)CN2CCc3cncnc3C2)cc1C. The zero-order chi connectivity index (χ0) is 14.8. The quantitative estimate of drug-likeness (QED) is 0.938. The Morgan fingerprint density at radius 3 is 2.95 bits per heavy atom. The van der Waals surface area contributed by atoms with Gasteiger partial charge in [-0.25, -0.2) is 9.97 Å². The maximum atomic E-state index is 10.5. The number of hydrogen-bond acceptors (Lipinski definition) is 4. The Bertz CT molecular complexity index is 642. The first-order valence-corrected chi connectivity index (χ1v) is 7.39. The van der Waals surface area contributed by atoms with E-state index in [-0.39, 0.29) is 0 Å². The number of β-amino-alcohol motifs (C(OH)–C–C–N with tert-alkyl or cyclic N) is 1. The third-order valence-corrected chi connectivity index (χ3v) is 4.30. The summed E-state index contributed by atoms with van der Waals surface area (Å²) in [5.41, 5.74) is 5.79. The van der Waals surface area contributed by atoms with Gasteiger partial charge in [0.05, 0.1) is 11.8 Å². The number of aliphatic hydroxyl groups excluding tert-OH is 1. The Hall–Kier alpha value is -1.78. The molecule has 4 heteroatoms. The monoisotopic (exact) mass is 283 g/mol. The van der Waals surface area contributed by atoms with Gasteiger partial charge in [0.2, 0.25) is 0 Å². The maximum absolute atomic E-state index is 10.5. The van der Waals surface area contributed by atoms with Crippen molar-refractivity contribution in [1.29, 1.82) is 0 Å². The summed E-state index contributed by atoms with van der Waals surface area (Å²) in [5, 5.41) is 10.5. The minimum Gasteiger partial charge on any atom is -0.387 e. The zero-order valence-corrected chi connectivity index (χ0v) is 12.6. The molecule has 0 saturated carbocycles. The summed E-state index contributed by atoms with van der Waals surface area (Å²) < 4.78 is 0. The van der Waals surface area contributed by atoms with E-state index in [0.717, 1.165) is 30.8 Å². The molecule has 2 aromatic rings. The van der Waals surface area contributed by atoms with Gasteiger partial charge >= 0.3 is 0 Å². The van der Waals surface area contributed by atoms with Crippen molar-refractivity contribution in [2.75, 3.05) is 13.1 Å². The van der Waals surface area contributed by atoms with Crippen molar-refractivity contribution >= 4 is 0 Å². The second-order valence-corrected chi connectivity index (χ2v) is 5.84. The highest BCUT2D eigenvalue weighted by molar-refractivity contribution is 5.31. The zero-order valence-electron chi connectivity index (χ0n) is 12.6. The molecular weight excluding hydrogens is 262 g/mol. The lowest BCUT2D eigenvalue weighted by molar-refractivity contribution is 0.105. The van der Waals surface area contributed by atoms with Crippen molar-refractivity contribution in [2.45, 2.75) is 32.9 Å². The van der Waals surface area contributed by atoms with E-state index in [1.165, 1.54) is 16.7 Å². The van der Waals surface area contributed by atoms with Gasteiger partial charge in [0.25, 0.3) is 0 Å². The Balaban J connectivity index is 1.68. The Labute approximate surface area is 125 Å². The van der Waals surface area contributed by atoms with Crippen LogP contribution in [0, 0.1) is 13.8 Å². The number of nitrogens with zero attached hydrogens (tertiary/aromatic N) is 3. The predicted octanol–water partition coefficient (Wildman–Crippen LogP) is 2.19. The molecule has 21 heavy (non-hydrogen) atoms. The van der Waals surface area contributed by atoms with Gasteiger partial charge in [-0.2, -0.15) is 0 Å². The Morgan fingerprint density at radius 2 is 2.14 bits per heavy atom. The van der Waals surface area contributed by atoms with Crippen LogP contribution in [-0.2, 0) is 13.0 Å². The Kier molecular flexibility index (Phi) is 3.99. The van der Waals surface area contributed by atoms with Crippen LogP contribution in [0.5, 0.6) is 0 Å². The largest absolute Gasteiger partial charge is 0.387 e. The van der Waals surface area contributed by atoms with Crippen LogP contribution in [0.15, 0.2) is 30.7 Å². The lowest BCUT2D eigenvalue weighted by Crippen LogP contribution is -2.34. The molecule has 0 saturated heterocycles. The van der Waals surface area contributed by atoms with Gasteiger partial charge in [-0.15, -0.1) is 0 Å². The fourth-order valence-electron chi connectivity index (χ4n) is 2.78. The highest BCUT2D eigenvalue weighted by Crippen LogP contribution is 2.21. The predicted molar refractivity (Wildman–Crippen MR) is 81.9 cm³/mol. The molecule has 0 amide bonds. The van der Waals surface area contributed by atoms with Crippen LogP contribution >= 0.6 is 0 Å². The first-order valence-electron chi connectivity index (χ1n) is 7.39. The summed E-state index contributed by atoms with van der Waals surface area (Å²) in [6.07, 6.45) is 4.00. The van der Waals surface area contributed by atoms with Gasteiger partial charge in [-0.05, 0) is 42.5 Å². The molecule has 0 radical (unpaired) electrons. The fraction of sp³-hybridized carbons (Fsp3) is 0.412. The summed E-state index contributed by atoms with van der Waals surface area (Å²) in [4.78, 5) is 10.7. The number of benzene rings is 1. The molecule has 0 bridgehead atoms. The lowest BCUT2D eigenvalue weighted by Gasteiger charge is -2.29. The van der Waals surface area contributed by atoms with Crippen molar-refractivity contribution in [3.05, 3.63) is 58.7 Å². The van der Waals surface area contributed by atoms with E-state index >= 15 is 0 Å². The van der Waals surface area contributed by atoms with Gasteiger partial charge in [-0.1, -0.05) is 18.2 Å². The lowest BCUT2D eigenvalue weighted by atomic mass is 10.0. The molecule has 0 aliphatic carbocycles. The highest BCUT2D eigenvalue weighted by atomic mass is 16.3. The smallest absolute Gasteiger partial charge is 0.115 e. The normalized spacial score (nSPS) is 16.5. The maximum Gasteiger partial charge on any atom is 0.115 e. The summed E-state index contributed by atoms with van der Waals surface area (Å²) >= 11 is 0. The van der Waals surface area contributed by atoms with E-state index < -0.39 is 6.10 Å². The van der Waals surface area contributed by atoms with Gasteiger partial charge < -0.3 is 5.11 Å². The molecule has 1 N–H and O–H groups in total. The molecule has 2 heterocycles.